The Hall–Kier alpha value is -0.870. The van der Waals surface area contributed by atoms with Gasteiger partial charge in [-0.05, 0) is 44.9 Å². The predicted octanol–water partition coefficient (Wildman–Crippen LogP) is 3.00. The van der Waals surface area contributed by atoms with Gasteiger partial charge in [0.05, 0.1) is 18.1 Å². The van der Waals surface area contributed by atoms with Gasteiger partial charge in [-0.25, -0.2) is 0 Å². The maximum atomic E-state index is 13.0. The van der Waals surface area contributed by atoms with Crippen molar-refractivity contribution in [2.24, 2.45) is 22.7 Å². The number of piperidine rings is 1. The van der Waals surface area contributed by atoms with Crippen molar-refractivity contribution >= 4 is 5.91 Å². The monoisotopic (exact) mass is 335 g/mol. The number of allylic oxidation sites excluding steroid dienone is 2. The number of carbonyl (C=O) groups excluding carboxylic acids is 1. The van der Waals surface area contributed by atoms with Crippen molar-refractivity contribution in [1.82, 2.24) is 4.90 Å². The molecule has 0 aromatic heterocycles. The Bertz CT molecular complexity index is 525. The molecule has 1 amide bonds. The lowest BCUT2D eigenvalue weighted by molar-refractivity contribution is -0.210. The molecule has 2 aliphatic carbocycles. The smallest absolute Gasteiger partial charge is 0.226 e. The van der Waals surface area contributed by atoms with Crippen molar-refractivity contribution < 1.29 is 14.6 Å². The van der Waals surface area contributed by atoms with Gasteiger partial charge in [0.1, 0.15) is 0 Å². The Morgan fingerprint density at radius 2 is 1.92 bits per heavy atom. The fraction of sp³-hybridized carbons (Fsp3) is 0.850. The normalized spacial score (nSPS) is 36.2. The molecule has 0 bridgehead atoms. The number of amides is 1. The third kappa shape index (κ3) is 2.72. The van der Waals surface area contributed by atoms with Crippen LogP contribution in [0.15, 0.2) is 11.6 Å². The molecule has 3 fully saturated rings. The maximum absolute atomic E-state index is 13.0. The van der Waals surface area contributed by atoms with Crippen LogP contribution in [0.2, 0.25) is 0 Å². The number of aliphatic hydroxyl groups is 1. The van der Waals surface area contributed by atoms with E-state index in [1.807, 2.05) is 11.8 Å². The molecule has 0 aromatic rings. The third-order valence-corrected chi connectivity index (χ3v) is 6.81. The summed E-state index contributed by atoms with van der Waals surface area (Å²) in [4.78, 5) is 15.0. The molecular formula is C20H33NO3. The number of carbonyl (C=O) groups is 1. The molecule has 0 radical (unpaired) electrons. The summed E-state index contributed by atoms with van der Waals surface area (Å²) in [5.74, 6) is 0.797. The van der Waals surface area contributed by atoms with E-state index in [1.165, 1.54) is 5.57 Å². The van der Waals surface area contributed by atoms with Crippen molar-refractivity contribution in [3.8, 4) is 0 Å². The minimum absolute atomic E-state index is 0.0767. The van der Waals surface area contributed by atoms with Crippen molar-refractivity contribution in [3.63, 3.8) is 0 Å². The van der Waals surface area contributed by atoms with Crippen LogP contribution in [-0.2, 0) is 9.53 Å². The second kappa shape index (κ2) is 6.14. The fourth-order valence-electron chi connectivity index (χ4n) is 4.98. The van der Waals surface area contributed by atoms with Crippen molar-refractivity contribution in [3.05, 3.63) is 11.6 Å². The van der Waals surface area contributed by atoms with Gasteiger partial charge < -0.3 is 14.7 Å². The van der Waals surface area contributed by atoms with Crippen molar-refractivity contribution in [1.29, 1.82) is 0 Å². The van der Waals surface area contributed by atoms with Crippen LogP contribution < -0.4 is 0 Å². The lowest BCUT2D eigenvalue weighted by atomic mass is 9.58. The second-order valence-electron chi connectivity index (χ2n) is 8.82. The molecule has 3 aliphatic rings. The fourth-order valence-corrected chi connectivity index (χ4v) is 4.98. The first-order chi connectivity index (χ1) is 11.2. The summed E-state index contributed by atoms with van der Waals surface area (Å²) in [6.07, 6.45) is 4.65. The van der Waals surface area contributed by atoms with Crippen LogP contribution in [0.5, 0.6) is 0 Å². The van der Waals surface area contributed by atoms with Gasteiger partial charge in [-0.2, -0.15) is 0 Å². The molecular weight excluding hydrogens is 302 g/mol. The zero-order valence-corrected chi connectivity index (χ0v) is 15.8. The Labute approximate surface area is 146 Å². The largest absolute Gasteiger partial charge is 0.392 e. The second-order valence-corrected chi connectivity index (χ2v) is 8.82. The highest BCUT2D eigenvalue weighted by Crippen LogP contribution is 2.60. The molecule has 1 aliphatic heterocycles. The van der Waals surface area contributed by atoms with Gasteiger partial charge in [-0.3, -0.25) is 4.79 Å². The lowest BCUT2D eigenvalue weighted by Gasteiger charge is -2.56. The summed E-state index contributed by atoms with van der Waals surface area (Å²) in [6.45, 7) is 12.8. The molecule has 1 heterocycles. The molecule has 1 saturated heterocycles. The molecule has 0 aromatic carbocycles. The molecule has 24 heavy (non-hydrogen) atoms. The van der Waals surface area contributed by atoms with E-state index < -0.39 is 0 Å². The Morgan fingerprint density at radius 3 is 2.42 bits per heavy atom. The van der Waals surface area contributed by atoms with E-state index in [4.69, 9.17) is 4.74 Å². The molecule has 136 valence electrons. The van der Waals surface area contributed by atoms with Crippen LogP contribution in [0.4, 0.5) is 0 Å². The van der Waals surface area contributed by atoms with Crippen molar-refractivity contribution in [2.75, 3.05) is 19.7 Å². The number of ether oxygens (including phenoxy) is 1. The highest BCUT2D eigenvalue weighted by atomic mass is 16.5. The van der Waals surface area contributed by atoms with Gasteiger partial charge in [0.15, 0.2) is 0 Å². The number of hydrogen-bond acceptors (Lipinski definition) is 3. The molecule has 0 unspecified atom stereocenters. The summed E-state index contributed by atoms with van der Waals surface area (Å²) in [5, 5.41) is 10.3. The van der Waals surface area contributed by atoms with Crippen molar-refractivity contribution in [2.45, 2.75) is 66.1 Å². The molecule has 4 atom stereocenters. The topological polar surface area (TPSA) is 49.8 Å². The molecule has 1 spiro atoms. The number of nitrogens with zero attached hydrogens (tertiary/aromatic N) is 1. The summed E-state index contributed by atoms with van der Waals surface area (Å²) in [7, 11) is 0. The highest BCUT2D eigenvalue weighted by molar-refractivity contribution is 5.84. The lowest BCUT2D eigenvalue weighted by Crippen LogP contribution is -2.62. The van der Waals surface area contributed by atoms with Gasteiger partial charge in [-0.15, -0.1) is 0 Å². The average molecular weight is 335 g/mol. The van der Waals surface area contributed by atoms with Gasteiger partial charge in [0.25, 0.3) is 0 Å². The van der Waals surface area contributed by atoms with Crippen LogP contribution in [-0.4, -0.2) is 47.8 Å². The molecule has 3 rings (SSSR count). The highest BCUT2D eigenvalue weighted by Gasteiger charge is 2.62. The van der Waals surface area contributed by atoms with E-state index >= 15 is 0 Å². The zero-order chi connectivity index (χ0) is 17.7. The molecule has 4 nitrogen and oxygen atoms in total. The van der Waals surface area contributed by atoms with Crippen LogP contribution >= 0.6 is 0 Å². The summed E-state index contributed by atoms with van der Waals surface area (Å²) < 4.78 is 5.82. The Morgan fingerprint density at radius 1 is 1.29 bits per heavy atom. The predicted molar refractivity (Wildman–Crippen MR) is 94.5 cm³/mol. The molecule has 1 N–H and O–H groups in total. The standard InChI is InChI=1S/C20H33NO3/c1-6-24-16-12-15(22)20(16)7-9-21(10-8-20)18(23)17-14(11-13(2)3)19(17,4)5/h11,14-17,22H,6-10,12H2,1-5H3/t14-,15-,16+,17-/m0/s1. The van der Waals surface area contributed by atoms with Crippen LogP contribution in [0.1, 0.15) is 53.9 Å². The Balaban J connectivity index is 1.61. The molecule has 4 heteroatoms. The third-order valence-electron chi connectivity index (χ3n) is 6.81. The first kappa shape index (κ1) is 17.9. The summed E-state index contributed by atoms with van der Waals surface area (Å²) in [5.41, 5.74) is 1.26. The van der Waals surface area contributed by atoms with E-state index in [0.29, 0.717) is 18.4 Å². The molecule has 2 saturated carbocycles. The van der Waals surface area contributed by atoms with Crippen LogP contribution in [0.3, 0.4) is 0 Å². The van der Waals surface area contributed by atoms with Gasteiger partial charge in [-0.1, -0.05) is 25.5 Å². The van der Waals surface area contributed by atoms with Gasteiger partial charge in [0, 0.05) is 31.5 Å². The van der Waals surface area contributed by atoms with E-state index in [0.717, 1.165) is 32.4 Å². The summed E-state index contributed by atoms with van der Waals surface area (Å²) >= 11 is 0. The number of aliphatic hydroxyl groups excluding tert-OH is 1. The number of likely N-dealkylation sites (tertiary alicyclic amines) is 1. The van der Waals surface area contributed by atoms with Gasteiger partial charge >= 0.3 is 0 Å². The van der Waals surface area contributed by atoms with E-state index in [1.54, 1.807) is 0 Å². The SMILES string of the molecule is CCO[C@@H]1C[C@H](O)C12CCN(C(=O)[C@@H]1[C@H](C=C(C)C)C1(C)C)CC2. The first-order valence-corrected chi connectivity index (χ1v) is 9.47. The van der Waals surface area contributed by atoms with E-state index in [9.17, 15) is 9.90 Å². The Kier molecular flexibility index (Phi) is 4.59. The van der Waals surface area contributed by atoms with Crippen LogP contribution in [0.25, 0.3) is 0 Å². The summed E-state index contributed by atoms with van der Waals surface area (Å²) in [6, 6.07) is 0. The number of rotatable bonds is 4. The minimum atomic E-state index is -0.262. The van der Waals surface area contributed by atoms with E-state index in [2.05, 4.69) is 33.8 Å². The maximum Gasteiger partial charge on any atom is 0.226 e. The first-order valence-electron chi connectivity index (χ1n) is 9.47. The average Bonchev–Trinajstić information content (AvgIpc) is 3.06. The number of hydrogen-bond donors (Lipinski definition) is 1. The van der Waals surface area contributed by atoms with Gasteiger partial charge in [0.2, 0.25) is 5.91 Å². The minimum Gasteiger partial charge on any atom is -0.392 e. The van der Waals surface area contributed by atoms with E-state index in [-0.39, 0.29) is 29.0 Å². The van der Waals surface area contributed by atoms with Crippen LogP contribution in [0, 0.1) is 22.7 Å². The quantitative estimate of drug-likeness (QED) is 0.804. The zero-order valence-electron chi connectivity index (χ0n) is 15.8.